The molecule has 1 heterocycles. The van der Waals surface area contributed by atoms with Gasteiger partial charge in [-0.3, -0.25) is 14.4 Å². The molecule has 188 valence electrons. The number of carbonyl (C=O) groups is 3. The monoisotopic (exact) mass is 483 g/mol. The van der Waals surface area contributed by atoms with E-state index in [0.29, 0.717) is 32.1 Å². The third-order valence-electron chi connectivity index (χ3n) is 5.25. The Morgan fingerprint density at radius 3 is 2.34 bits per heavy atom. The van der Waals surface area contributed by atoms with E-state index < -0.39 is 12.0 Å². The summed E-state index contributed by atoms with van der Waals surface area (Å²) >= 11 is 0. The van der Waals surface area contributed by atoms with Gasteiger partial charge in [0, 0.05) is 18.8 Å². The summed E-state index contributed by atoms with van der Waals surface area (Å²) in [5.41, 5.74) is 0.737. The zero-order valence-electron chi connectivity index (χ0n) is 20.2. The van der Waals surface area contributed by atoms with Crippen molar-refractivity contribution in [1.29, 1.82) is 0 Å². The number of esters is 1. The van der Waals surface area contributed by atoms with Gasteiger partial charge in [-0.05, 0) is 42.3 Å². The van der Waals surface area contributed by atoms with E-state index in [1.165, 1.54) is 4.90 Å². The Labute approximate surface area is 205 Å². The number of amides is 2. The number of ether oxygens (including phenoxy) is 3. The van der Waals surface area contributed by atoms with Crippen molar-refractivity contribution < 1.29 is 28.6 Å². The van der Waals surface area contributed by atoms with Crippen molar-refractivity contribution in [1.82, 2.24) is 10.2 Å². The number of para-hydroxylation sites is 1. The zero-order chi connectivity index (χ0) is 25.0. The summed E-state index contributed by atoms with van der Waals surface area (Å²) in [5, 5.41) is 5.78. The first-order valence-corrected chi connectivity index (χ1v) is 11.8. The zero-order valence-corrected chi connectivity index (χ0v) is 20.2. The molecule has 2 aromatic rings. The van der Waals surface area contributed by atoms with Gasteiger partial charge in [-0.2, -0.15) is 0 Å². The Morgan fingerprint density at radius 2 is 1.69 bits per heavy atom. The molecule has 0 radical (unpaired) electrons. The minimum atomic E-state index is -0.869. The highest BCUT2D eigenvalue weighted by molar-refractivity contribution is 5.93. The summed E-state index contributed by atoms with van der Waals surface area (Å²) in [5.74, 6) is 0.577. The van der Waals surface area contributed by atoms with Crippen LogP contribution in [0.3, 0.4) is 0 Å². The summed E-state index contributed by atoms with van der Waals surface area (Å²) in [7, 11) is 0. The maximum absolute atomic E-state index is 12.8. The average molecular weight is 484 g/mol. The minimum Gasteiger partial charge on any atom is -0.490 e. The number of benzene rings is 2. The van der Waals surface area contributed by atoms with Crippen molar-refractivity contribution in [2.75, 3.05) is 44.8 Å². The van der Waals surface area contributed by atoms with Crippen LogP contribution in [-0.4, -0.2) is 68.2 Å². The number of rotatable bonds is 12. The number of hydrogen-bond acceptors (Lipinski definition) is 7. The van der Waals surface area contributed by atoms with Crippen LogP contribution in [0, 0.1) is 5.92 Å². The highest BCUT2D eigenvalue weighted by atomic mass is 16.5. The van der Waals surface area contributed by atoms with Crippen molar-refractivity contribution in [2.24, 2.45) is 5.92 Å². The SMILES string of the molecule is CC(C)COC(=O)CC1C(=O)NCCN1C(=O)CNc1ccc(OCCOc2ccccc2)cc1. The predicted octanol–water partition coefficient (Wildman–Crippen LogP) is 2.47. The summed E-state index contributed by atoms with van der Waals surface area (Å²) in [6.07, 6.45) is -0.162. The van der Waals surface area contributed by atoms with Gasteiger partial charge in [0.2, 0.25) is 11.8 Å². The van der Waals surface area contributed by atoms with Crippen molar-refractivity contribution in [2.45, 2.75) is 26.3 Å². The Morgan fingerprint density at radius 1 is 1.03 bits per heavy atom. The molecule has 2 N–H and O–H groups in total. The molecule has 1 atom stereocenters. The number of hydrogen-bond donors (Lipinski definition) is 2. The maximum Gasteiger partial charge on any atom is 0.308 e. The highest BCUT2D eigenvalue weighted by Crippen LogP contribution is 2.17. The molecule has 9 heteroatoms. The van der Waals surface area contributed by atoms with Crippen molar-refractivity contribution in [3.05, 3.63) is 54.6 Å². The fraction of sp³-hybridized carbons (Fsp3) is 0.423. The van der Waals surface area contributed by atoms with Gasteiger partial charge in [0.05, 0.1) is 19.6 Å². The summed E-state index contributed by atoms with van der Waals surface area (Å²) in [6, 6.07) is 15.9. The molecule has 3 rings (SSSR count). The molecule has 9 nitrogen and oxygen atoms in total. The summed E-state index contributed by atoms with van der Waals surface area (Å²) in [6.45, 7) is 5.65. The molecule has 0 aliphatic carbocycles. The van der Waals surface area contributed by atoms with Gasteiger partial charge >= 0.3 is 5.97 Å². The molecule has 35 heavy (non-hydrogen) atoms. The summed E-state index contributed by atoms with van der Waals surface area (Å²) < 4.78 is 16.5. The first-order chi connectivity index (χ1) is 16.9. The van der Waals surface area contributed by atoms with Crippen LogP contribution >= 0.6 is 0 Å². The lowest BCUT2D eigenvalue weighted by Crippen LogP contribution is -2.58. The molecular weight excluding hydrogens is 450 g/mol. The number of anilines is 1. The van der Waals surface area contributed by atoms with E-state index in [0.717, 1.165) is 11.4 Å². The first-order valence-electron chi connectivity index (χ1n) is 11.8. The van der Waals surface area contributed by atoms with Crippen LogP contribution in [0.5, 0.6) is 11.5 Å². The minimum absolute atomic E-state index is 0.00403. The van der Waals surface area contributed by atoms with Crippen molar-refractivity contribution >= 4 is 23.5 Å². The van der Waals surface area contributed by atoms with E-state index in [2.05, 4.69) is 10.6 Å². The van der Waals surface area contributed by atoms with Crippen LogP contribution in [-0.2, 0) is 19.1 Å². The summed E-state index contributed by atoms with van der Waals surface area (Å²) in [4.78, 5) is 38.7. The molecule has 1 saturated heterocycles. The van der Waals surface area contributed by atoms with Gasteiger partial charge in [0.1, 0.15) is 30.8 Å². The Kier molecular flexibility index (Phi) is 9.77. The molecule has 2 aromatic carbocycles. The molecule has 1 unspecified atom stereocenters. The van der Waals surface area contributed by atoms with E-state index in [1.54, 1.807) is 12.1 Å². The topological polar surface area (TPSA) is 106 Å². The average Bonchev–Trinajstić information content (AvgIpc) is 2.86. The molecule has 1 fully saturated rings. The third-order valence-corrected chi connectivity index (χ3v) is 5.25. The first kappa shape index (κ1) is 25.9. The Hall–Kier alpha value is -3.75. The van der Waals surface area contributed by atoms with E-state index in [4.69, 9.17) is 14.2 Å². The van der Waals surface area contributed by atoms with Gasteiger partial charge < -0.3 is 29.7 Å². The Balaban J connectivity index is 1.44. The van der Waals surface area contributed by atoms with Crippen LogP contribution < -0.4 is 20.1 Å². The van der Waals surface area contributed by atoms with E-state index in [1.807, 2.05) is 56.3 Å². The molecule has 1 aliphatic rings. The predicted molar refractivity (Wildman–Crippen MR) is 131 cm³/mol. The highest BCUT2D eigenvalue weighted by Gasteiger charge is 2.35. The molecule has 0 aromatic heterocycles. The van der Waals surface area contributed by atoms with Crippen molar-refractivity contribution in [3.8, 4) is 11.5 Å². The quantitative estimate of drug-likeness (QED) is 0.353. The lowest BCUT2D eigenvalue weighted by molar-refractivity contribution is -0.152. The molecular formula is C26H33N3O6. The van der Waals surface area contributed by atoms with E-state index >= 15 is 0 Å². The standard InChI is InChI=1S/C26H33N3O6/c1-19(2)18-35-25(31)16-23-26(32)27-12-13-29(23)24(30)17-28-20-8-10-22(11-9-20)34-15-14-33-21-6-4-3-5-7-21/h3-11,19,23,28H,12-18H2,1-2H3,(H,27,32). The van der Waals surface area contributed by atoms with E-state index in [9.17, 15) is 14.4 Å². The smallest absolute Gasteiger partial charge is 0.308 e. The fourth-order valence-electron chi connectivity index (χ4n) is 3.48. The number of nitrogens with one attached hydrogen (secondary N) is 2. The lowest BCUT2D eigenvalue weighted by atomic mass is 10.1. The number of carbonyl (C=O) groups excluding carboxylic acids is 3. The second-order valence-corrected chi connectivity index (χ2v) is 8.56. The molecule has 0 saturated carbocycles. The molecule has 0 spiro atoms. The fourth-order valence-corrected chi connectivity index (χ4v) is 3.48. The molecule has 1 aliphatic heterocycles. The Bertz CT molecular complexity index is 965. The van der Waals surface area contributed by atoms with Crippen LogP contribution in [0.25, 0.3) is 0 Å². The second kappa shape index (κ2) is 13.2. The van der Waals surface area contributed by atoms with E-state index in [-0.39, 0.29) is 37.3 Å². The van der Waals surface area contributed by atoms with Crippen molar-refractivity contribution in [3.63, 3.8) is 0 Å². The molecule has 0 bridgehead atoms. The third kappa shape index (κ3) is 8.51. The second-order valence-electron chi connectivity index (χ2n) is 8.56. The number of piperazine rings is 1. The van der Waals surface area contributed by atoms with Gasteiger partial charge in [-0.15, -0.1) is 0 Å². The largest absolute Gasteiger partial charge is 0.490 e. The van der Waals surface area contributed by atoms with Gasteiger partial charge in [-0.1, -0.05) is 32.0 Å². The maximum atomic E-state index is 12.8. The lowest BCUT2D eigenvalue weighted by Gasteiger charge is -2.34. The van der Waals surface area contributed by atoms with Gasteiger partial charge in [-0.25, -0.2) is 0 Å². The normalized spacial score (nSPS) is 15.3. The van der Waals surface area contributed by atoms with Crippen LogP contribution in [0.4, 0.5) is 5.69 Å². The van der Waals surface area contributed by atoms with Gasteiger partial charge in [0.15, 0.2) is 0 Å². The van der Waals surface area contributed by atoms with Gasteiger partial charge in [0.25, 0.3) is 0 Å². The van der Waals surface area contributed by atoms with Crippen LogP contribution in [0.2, 0.25) is 0 Å². The number of nitrogens with zero attached hydrogens (tertiary/aromatic N) is 1. The van der Waals surface area contributed by atoms with Crippen LogP contribution in [0.15, 0.2) is 54.6 Å². The molecule has 2 amide bonds. The van der Waals surface area contributed by atoms with Crippen LogP contribution in [0.1, 0.15) is 20.3 Å².